The lowest BCUT2D eigenvalue weighted by molar-refractivity contribution is -0.644. The molecule has 3 rings (SSSR count). The second kappa shape index (κ2) is 11.1. The molecule has 0 saturated carbocycles. The summed E-state index contributed by atoms with van der Waals surface area (Å²) < 4.78 is 32.4. The van der Waals surface area contributed by atoms with E-state index in [1.54, 1.807) is 25.1 Å². The van der Waals surface area contributed by atoms with E-state index in [1.807, 2.05) is 0 Å². The molecule has 194 valence electrons. The van der Waals surface area contributed by atoms with Gasteiger partial charge < -0.3 is 33.6 Å². The Kier molecular flexibility index (Phi) is 8.19. The van der Waals surface area contributed by atoms with Crippen molar-refractivity contribution in [1.29, 1.82) is 0 Å². The van der Waals surface area contributed by atoms with E-state index < -0.39 is 67.2 Å². The molecule has 0 radical (unpaired) electrons. The van der Waals surface area contributed by atoms with Crippen molar-refractivity contribution in [2.75, 3.05) is 6.61 Å². The van der Waals surface area contributed by atoms with Crippen LogP contribution in [0.1, 0.15) is 33.3 Å². The minimum absolute atomic E-state index is 0.184. The Morgan fingerprint density at radius 1 is 0.944 bits per heavy atom. The third-order valence-electron chi connectivity index (χ3n) is 4.90. The van der Waals surface area contributed by atoms with Gasteiger partial charge in [0, 0.05) is 33.8 Å². The maximum absolute atomic E-state index is 12.5. The average Bonchev–Trinajstić information content (AvgIpc) is 2.76. The fourth-order valence-electron chi connectivity index (χ4n) is 3.58. The van der Waals surface area contributed by atoms with Gasteiger partial charge in [-0.3, -0.25) is 19.2 Å². The van der Waals surface area contributed by atoms with Crippen molar-refractivity contribution in [2.24, 2.45) is 0 Å². The van der Waals surface area contributed by atoms with Crippen molar-refractivity contribution in [2.45, 2.75) is 65.3 Å². The highest BCUT2D eigenvalue weighted by Crippen LogP contribution is 2.30. The molecule has 36 heavy (non-hydrogen) atoms. The van der Waals surface area contributed by atoms with E-state index in [-0.39, 0.29) is 11.0 Å². The Morgan fingerprint density at radius 2 is 1.56 bits per heavy atom. The van der Waals surface area contributed by atoms with E-state index in [2.05, 4.69) is 10.1 Å². The Bertz CT molecular complexity index is 1170. The molecule has 0 aliphatic carbocycles. The monoisotopic (exact) mass is 507 g/mol. The molecule has 1 aromatic heterocycles. The number of benzene rings is 1. The van der Waals surface area contributed by atoms with Gasteiger partial charge in [0.2, 0.25) is 12.4 Å². The largest absolute Gasteiger partial charge is 0.594 e. The summed E-state index contributed by atoms with van der Waals surface area (Å²) in [5.41, 5.74) is 1.25. The molecule has 0 spiro atoms. The highest BCUT2D eigenvalue weighted by molar-refractivity contribution is 5.71. The summed E-state index contributed by atoms with van der Waals surface area (Å²) >= 11 is 0. The zero-order valence-corrected chi connectivity index (χ0v) is 20.2. The Balaban J connectivity index is 2.03. The van der Waals surface area contributed by atoms with Crippen LogP contribution in [-0.2, 0) is 42.9 Å². The molecular formula is C22H25N3O11. The van der Waals surface area contributed by atoms with Gasteiger partial charge in [-0.05, 0) is 23.4 Å². The predicted octanol–water partition coefficient (Wildman–Crippen LogP) is 0.0335. The number of aryl methyl sites for hydroxylation is 1. The first kappa shape index (κ1) is 26.5. The highest BCUT2D eigenvalue weighted by atomic mass is 16.7. The number of hydrogen-bond acceptors (Lipinski definition) is 13. The lowest BCUT2D eigenvalue weighted by Gasteiger charge is -2.43. The van der Waals surface area contributed by atoms with Crippen LogP contribution in [0.15, 0.2) is 18.2 Å². The van der Waals surface area contributed by atoms with E-state index in [0.717, 1.165) is 33.3 Å². The molecule has 2 aromatic rings. The Labute approximate surface area is 204 Å². The summed E-state index contributed by atoms with van der Waals surface area (Å²) in [6.45, 7) is 5.80. The van der Waals surface area contributed by atoms with Crippen LogP contribution in [0.3, 0.4) is 0 Å². The van der Waals surface area contributed by atoms with Crippen molar-refractivity contribution in [3.63, 3.8) is 0 Å². The fraction of sp³-hybridized carbons (Fsp3) is 0.500. The minimum atomic E-state index is -1.56. The van der Waals surface area contributed by atoms with Gasteiger partial charge in [0.25, 0.3) is 5.52 Å². The molecule has 2 heterocycles. The predicted molar refractivity (Wildman–Crippen MR) is 116 cm³/mol. The minimum Gasteiger partial charge on any atom is -0.594 e. The number of aromatic nitrogens is 3. The fourth-order valence-corrected chi connectivity index (χ4v) is 3.58. The van der Waals surface area contributed by atoms with Crippen LogP contribution in [0.2, 0.25) is 0 Å². The van der Waals surface area contributed by atoms with Crippen LogP contribution in [0.25, 0.3) is 11.0 Å². The first-order chi connectivity index (χ1) is 16.9. The van der Waals surface area contributed by atoms with Gasteiger partial charge in [0.15, 0.2) is 12.2 Å². The molecule has 0 unspecified atom stereocenters. The number of carbonyl (C=O) groups excluding carboxylic acids is 4. The lowest BCUT2D eigenvalue weighted by Crippen LogP contribution is -2.63. The molecule has 14 nitrogen and oxygen atoms in total. The van der Waals surface area contributed by atoms with Gasteiger partial charge in [0.05, 0.1) is 5.10 Å². The standard InChI is InChI=1S/C22H25N3O11/c1-10-6-7-15-16(8-10)25(30)24-22(23-15)36-21-20(34-14(5)29)19(33-13(4)28)18(32-12(3)27)17(35-21)9-31-11(2)26/h6-8,17-21H,9H2,1-5H3/t17-,18+,19+,20-,21-/m0/s1. The molecule has 1 fully saturated rings. The first-order valence-electron chi connectivity index (χ1n) is 10.8. The molecule has 1 aromatic carbocycles. The van der Waals surface area contributed by atoms with Gasteiger partial charge in [-0.25, -0.2) is 0 Å². The summed E-state index contributed by atoms with van der Waals surface area (Å²) in [5.74, 6) is -3.03. The van der Waals surface area contributed by atoms with Gasteiger partial charge in [-0.2, -0.15) is 4.98 Å². The third kappa shape index (κ3) is 6.53. The highest BCUT2D eigenvalue weighted by Gasteiger charge is 2.53. The van der Waals surface area contributed by atoms with E-state index >= 15 is 0 Å². The quantitative estimate of drug-likeness (QED) is 0.212. The van der Waals surface area contributed by atoms with Gasteiger partial charge in [0.1, 0.15) is 18.2 Å². The molecule has 5 atom stereocenters. The number of rotatable bonds is 7. The smallest absolute Gasteiger partial charge is 0.383 e. The van der Waals surface area contributed by atoms with Gasteiger partial charge in [-0.1, -0.05) is 6.07 Å². The number of carbonyl (C=O) groups is 4. The number of nitrogens with zero attached hydrogens (tertiary/aromatic N) is 3. The second-order valence-electron chi connectivity index (χ2n) is 7.94. The molecule has 0 bridgehead atoms. The van der Waals surface area contributed by atoms with E-state index in [0.29, 0.717) is 4.85 Å². The summed E-state index contributed by atoms with van der Waals surface area (Å²) in [4.78, 5) is 51.5. The molecular weight excluding hydrogens is 482 g/mol. The molecule has 1 aliphatic rings. The van der Waals surface area contributed by atoms with Crippen molar-refractivity contribution >= 4 is 34.9 Å². The van der Waals surface area contributed by atoms with E-state index in [1.165, 1.54) is 0 Å². The molecule has 0 N–H and O–H groups in total. The number of ether oxygens (including phenoxy) is 6. The van der Waals surface area contributed by atoms with Crippen molar-refractivity contribution < 1.29 is 52.4 Å². The second-order valence-corrected chi connectivity index (χ2v) is 7.94. The zero-order valence-electron chi connectivity index (χ0n) is 20.2. The van der Waals surface area contributed by atoms with Crippen LogP contribution >= 0.6 is 0 Å². The first-order valence-corrected chi connectivity index (χ1v) is 10.8. The Morgan fingerprint density at radius 3 is 2.17 bits per heavy atom. The van der Waals surface area contributed by atoms with Gasteiger partial charge >= 0.3 is 29.9 Å². The SMILES string of the molecule is CC(=O)OC[C@@H]1O[C@@H](Oc2nc3ccc(C)cc3[n+]([O-])n2)[C@@H](OC(C)=O)[C@H](OC(C)=O)[C@@H]1OC(C)=O. The van der Waals surface area contributed by atoms with E-state index in [4.69, 9.17) is 28.4 Å². The van der Waals surface area contributed by atoms with Crippen molar-refractivity contribution in [3.05, 3.63) is 29.0 Å². The van der Waals surface area contributed by atoms with Crippen LogP contribution < -0.4 is 9.58 Å². The van der Waals surface area contributed by atoms with E-state index in [9.17, 15) is 24.4 Å². The zero-order chi connectivity index (χ0) is 26.6. The number of hydrogen-bond donors (Lipinski definition) is 0. The van der Waals surface area contributed by atoms with Crippen LogP contribution in [-0.4, -0.2) is 71.3 Å². The van der Waals surface area contributed by atoms with Crippen LogP contribution in [0, 0.1) is 12.1 Å². The number of fused-ring (bicyclic) bond motifs is 1. The Hall–Kier alpha value is -4.07. The summed E-state index contributed by atoms with van der Waals surface area (Å²) in [7, 11) is 0. The topological polar surface area (TPSA) is 176 Å². The summed E-state index contributed by atoms with van der Waals surface area (Å²) in [6.07, 6.45) is -7.05. The summed E-state index contributed by atoms with van der Waals surface area (Å²) in [5, 5.41) is 16.2. The summed E-state index contributed by atoms with van der Waals surface area (Å²) in [6, 6.07) is 4.46. The number of esters is 4. The molecule has 1 saturated heterocycles. The van der Waals surface area contributed by atoms with Crippen LogP contribution in [0.4, 0.5) is 0 Å². The van der Waals surface area contributed by atoms with Crippen LogP contribution in [0.5, 0.6) is 6.01 Å². The van der Waals surface area contributed by atoms with Crippen molar-refractivity contribution in [3.8, 4) is 6.01 Å². The molecule has 0 amide bonds. The lowest BCUT2D eigenvalue weighted by atomic mass is 9.98. The maximum atomic E-state index is 12.5. The maximum Gasteiger partial charge on any atom is 0.383 e. The van der Waals surface area contributed by atoms with Crippen molar-refractivity contribution in [1.82, 2.24) is 10.1 Å². The van der Waals surface area contributed by atoms with Gasteiger partial charge in [-0.15, -0.1) is 0 Å². The normalized spacial score (nSPS) is 23.4. The molecule has 1 aliphatic heterocycles. The third-order valence-corrected chi connectivity index (χ3v) is 4.90. The molecule has 14 heteroatoms. The average molecular weight is 507 g/mol.